The summed E-state index contributed by atoms with van der Waals surface area (Å²) >= 11 is 0. The van der Waals surface area contributed by atoms with Gasteiger partial charge in [-0.05, 0) is 25.5 Å². The fourth-order valence-corrected chi connectivity index (χ4v) is 3.06. The maximum atomic E-state index is 12.4. The molecule has 0 N–H and O–H groups in total. The summed E-state index contributed by atoms with van der Waals surface area (Å²) in [5, 5.41) is 0. The predicted octanol–water partition coefficient (Wildman–Crippen LogP) is 1.33. The van der Waals surface area contributed by atoms with Gasteiger partial charge in [-0.15, -0.1) is 0 Å². The van der Waals surface area contributed by atoms with E-state index >= 15 is 0 Å². The van der Waals surface area contributed by atoms with Crippen molar-refractivity contribution in [1.82, 2.24) is 14.4 Å². The average molecular weight is 335 g/mol. The lowest BCUT2D eigenvalue weighted by atomic mass is 10.2. The summed E-state index contributed by atoms with van der Waals surface area (Å²) in [6, 6.07) is 3.41. The summed E-state index contributed by atoms with van der Waals surface area (Å²) in [5.41, 5.74) is 0.996. The van der Waals surface area contributed by atoms with Crippen molar-refractivity contribution in [3.63, 3.8) is 0 Å². The smallest absolute Gasteiger partial charge is 0.250 e. The molecule has 2 heterocycles. The van der Waals surface area contributed by atoms with Crippen LogP contribution < -0.4 is 5.56 Å². The first kappa shape index (κ1) is 18.7. The SMILES string of the molecule is COCCn1cc(CN(C)CC(=O)N2CCCCCC2)ccc1=O. The van der Waals surface area contributed by atoms with E-state index in [4.69, 9.17) is 4.74 Å². The summed E-state index contributed by atoms with van der Waals surface area (Å²) < 4.78 is 6.69. The third-order valence-electron chi connectivity index (χ3n) is 4.40. The van der Waals surface area contributed by atoms with Crippen molar-refractivity contribution in [2.24, 2.45) is 0 Å². The maximum absolute atomic E-state index is 12.4. The number of hydrogen-bond acceptors (Lipinski definition) is 4. The molecule has 0 atom stereocenters. The van der Waals surface area contributed by atoms with Gasteiger partial charge in [0.15, 0.2) is 0 Å². The maximum Gasteiger partial charge on any atom is 0.250 e. The van der Waals surface area contributed by atoms with Crippen LogP contribution in [0.1, 0.15) is 31.2 Å². The number of carbonyl (C=O) groups is 1. The van der Waals surface area contributed by atoms with Crippen LogP contribution in [0.25, 0.3) is 0 Å². The summed E-state index contributed by atoms with van der Waals surface area (Å²) in [6.45, 7) is 3.87. The van der Waals surface area contributed by atoms with Crippen LogP contribution in [0.3, 0.4) is 0 Å². The van der Waals surface area contributed by atoms with Crippen LogP contribution in [0.2, 0.25) is 0 Å². The van der Waals surface area contributed by atoms with E-state index in [0.29, 0.717) is 26.2 Å². The van der Waals surface area contributed by atoms with E-state index < -0.39 is 0 Å². The van der Waals surface area contributed by atoms with Crippen molar-refractivity contribution in [2.45, 2.75) is 38.8 Å². The molecule has 0 aromatic carbocycles. The normalized spacial score (nSPS) is 15.5. The first-order chi connectivity index (χ1) is 11.6. The van der Waals surface area contributed by atoms with Gasteiger partial charge < -0.3 is 14.2 Å². The molecular formula is C18H29N3O3. The number of likely N-dealkylation sites (N-methyl/N-ethyl adjacent to an activating group) is 1. The van der Waals surface area contributed by atoms with Gasteiger partial charge in [-0.25, -0.2) is 0 Å². The first-order valence-corrected chi connectivity index (χ1v) is 8.75. The molecule has 0 saturated carbocycles. The van der Waals surface area contributed by atoms with Gasteiger partial charge in [0.25, 0.3) is 5.56 Å². The highest BCUT2D eigenvalue weighted by atomic mass is 16.5. The molecule has 1 aliphatic heterocycles. The third kappa shape index (κ3) is 5.76. The van der Waals surface area contributed by atoms with E-state index in [1.54, 1.807) is 17.7 Å². The predicted molar refractivity (Wildman–Crippen MR) is 94.0 cm³/mol. The lowest BCUT2D eigenvalue weighted by molar-refractivity contribution is -0.132. The summed E-state index contributed by atoms with van der Waals surface area (Å²) in [4.78, 5) is 28.2. The molecule has 134 valence electrons. The highest BCUT2D eigenvalue weighted by Gasteiger charge is 2.17. The summed E-state index contributed by atoms with van der Waals surface area (Å²) in [5.74, 6) is 0.201. The van der Waals surface area contributed by atoms with Crippen LogP contribution in [0.5, 0.6) is 0 Å². The zero-order valence-electron chi connectivity index (χ0n) is 14.9. The van der Waals surface area contributed by atoms with Crippen LogP contribution >= 0.6 is 0 Å². The van der Waals surface area contributed by atoms with E-state index in [-0.39, 0.29) is 11.5 Å². The van der Waals surface area contributed by atoms with Crippen molar-refractivity contribution in [1.29, 1.82) is 0 Å². The summed E-state index contributed by atoms with van der Waals surface area (Å²) in [6.07, 6.45) is 6.53. The molecule has 24 heavy (non-hydrogen) atoms. The number of pyridine rings is 1. The molecule has 0 radical (unpaired) electrons. The molecule has 1 aliphatic rings. The second-order valence-electron chi connectivity index (χ2n) is 6.53. The Morgan fingerprint density at radius 2 is 1.92 bits per heavy atom. The van der Waals surface area contributed by atoms with Crippen molar-refractivity contribution in [3.8, 4) is 0 Å². The molecule has 1 fully saturated rings. The van der Waals surface area contributed by atoms with E-state index in [1.165, 1.54) is 12.8 Å². The molecule has 1 aromatic heterocycles. The second-order valence-corrected chi connectivity index (χ2v) is 6.53. The Labute approximate surface area is 144 Å². The van der Waals surface area contributed by atoms with Crippen molar-refractivity contribution in [2.75, 3.05) is 40.4 Å². The Kier molecular flexibility index (Phi) is 7.46. The molecule has 6 heteroatoms. The van der Waals surface area contributed by atoms with Crippen LogP contribution in [0.15, 0.2) is 23.1 Å². The zero-order valence-corrected chi connectivity index (χ0v) is 14.9. The largest absolute Gasteiger partial charge is 0.383 e. The van der Waals surface area contributed by atoms with Gasteiger partial charge in [0.05, 0.1) is 13.2 Å². The molecule has 0 aliphatic carbocycles. The minimum Gasteiger partial charge on any atom is -0.383 e. The van der Waals surface area contributed by atoms with Gasteiger partial charge in [0.2, 0.25) is 5.91 Å². The number of aromatic nitrogens is 1. The van der Waals surface area contributed by atoms with Crippen LogP contribution in [-0.2, 0) is 22.6 Å². The van der Waals surface area contributed by atoms with Crippen LogP contribution in [0, 0.1) is 0 Å². The van der Waals surface area contributed by atoms with Gasteiger partial charge >= 0.3 is 0 Å². The number of nitrogens with zero attached hydrogens (tertiary/aromatic N) is 3. The van der Waals surface area contributed by atoms with Crippen LogP contribution in [-0.4, -0.2) is 60.7 Å². The molecule has 2 rings (SSSR count). The number of ether oxygens (including phenoxy) is 1. The highest BCUT2D eigenvalue weighted by molar-refractivity contribution is 5.78. The number of amides is 1. The van der Waals surface area contributed by atoms with Crippen LogP contribution in [0.4, 0.5) is 0 Å². The zero-order chi connectivity index (χ0) is 17.4. The van der Waals surface area contributed by atoms with E-state index in [0.717, 1.165) is 31.5 Å². The van der Waals surface area contributed by atoms with Gasteiger partial charge in [-0.1, -0.05) is 18.9 Å². The fourth-order valence-electron chi connectivity index (χ4n) is 3.06. The van der Waals surface area contributed by atoms with Gasteiger partial charge in [-0.2, -0.15) is 0 Å². The van der Waals surface area contributed by atoms with Crippen molar-refractivity contribution in [3.05, 3.63) is 34.2 Å². The van der Waals surface area contributed by atoms with E-state index in [9.17, 15) is 9.59 Å². The topological polar surface area (TPSA) is 54.8 Å². The molecule has 1 saturated heterocycles. The number of carbonyl (C=O) groups excluding carboxylic acids is 1. The molecule has 1 aromatic rings. The minimum absolute atomic E-state index is 0.0286. The minimum atomic E-state index is -0.0286. The number of likely N-dealkylation sites (tertiary alicyclic amines) is 1. The lowest BCUT2D eigenvalue weighted by Crippen LogP contribution is -2.39. The average Bonchev–Trinajstić information content (AvgIpc) is 2.84. The van der Waals surface area contributed by atoms with E-state index in [1.807, 2.05) is 29.1 Å². The molecule has 6 nitrogen and oxygen atoms in total. The molecule has 0 bridgehead atoms. The Morgan fingerprint density at radius 1 is 1.21 bits per heavy atom. The lowest BCUT2D eigenvalue weighted by Gasteiger charge is -2.24. The Bertz CT molecular complexity index is 577. The van der Waals surface area contributed by atoms with Gasteiger partial charge in [0, 0.05) is 45.6 Å². The molecule has 0 unspecified atom stereocenters. The number of rotatable bonds is 7. The quantitative estimate of drug-likeness (QED) is 0.754. The Morgan fingerprint density at radius 3 is 2.58 bits per heavy atom. The fraction of sp³-hybridized carbons (Fsp3) is 0.667. The molecule has 0 spiro atoms. The second kappa shape index (κ2) is 9.59. The standard InChI is InChI=1S/C18H29N3O3/c1-19(15-18(23)20-9-5-3-4-6-10-20)13-16-7-8-17(22)21(14-16)11-12-24-2/h7-8,14H,3-6,9-13,15H2,1-2H3. The Balaban J connectivity index is 1.90. The van der Waals surface area contributed by atoms with E-state index in [2.05, 4.69) is 0 Å². The first-order valence-electron chi connectivity index (χ1n) is 8.75. The molecule has 1 amide bonds. The Hall–Kier alpha value is -1.66. The third-order valence-corrected chi connectivity index (χ3v) is 4.40. The monoisotopic (exact) mass is 335 g/mol. The van der Waals surface area contributed by atoms with Crippen molar-refractivity contribution < 1.29 is 9.53 Å². The highest BCUT2D eigenvalue weighted by Crippen LogP contribution is 2.10. The number of methoxy groups -OCH3 is 1. The molecular weight excluding hydrogens is 306 g/mol. The van der Waals surface area contributed by atoms with Gasteiger partial charge in [0.1, 0.15) is 0 Å². The van der Waals surface area contributed by atoms with Crippen molar-refractivity contribution >= 4 is 5.91 Å². The summed E-state index contributed by atoms with van der Waals surface area (Å²) in [7, 11) is 3.57. The number of hydrogen-bond donors (Lipinski definition) is 0. The van der Waals surface area contributed by atoms with Gasteiger partial charge in [-0.3, -0.25) is 14.5 Å².